The molecule has 28 heavy (non-hydrogen) atoms. The third kappa shape index (κ3) is 4.44. The Hall–Kier alpha value is -2.20. The van der Waals surface area contributed by atoms with Crippen molar-refractivity contribution >= 4 is 23.8 Å². The molecule has 1 aliphatic heterocycles. The van der Waals surface area contributed by atoms with E-state index < -0.39 is 12.1 Å². The van der Waals surface area contributed by atoms with Crippen LogP contribution >= 0.6 is 11.8 Å². The van der Waals surface area contributed by atoms with E-state index in [1.54, 1.807) is 18.7 Å². The van der Waals surface area contributed by atoms with Crippen LogP contribution in [0.4, 0.5) is 4.79 Å². The molecule has 0 spiro atoms. The summed E-state index contributed by atoms with van der Waals surface area (Å²) in [6.07, 6.45) is 3.15. The highest BCUT2D eigenvalue weighted by atomic mass is 32.2. The van der Waals surface area contributed by atoms with Crippen molar-refractivity contribution in [3.05, 3.63) is 29.8 Å². The van der Waals surface area contributed by atoms with Gasteiger partial charge < -0.3 is 9.47 Å². The van der Waals surface area contributed by atoms with Crippen LogP contribution in [0.2, 0.25) is 0 Å². The van der Waals surface area contributed by atoms with Crippen molar-refractivity contribution in [3.8, 4) is 6.07 Å². The lowest BCUT2D eigenvalue weighted by atomic mass is 9.73. The van der Waals surface area contributed by atoms with Crippen LogP contribution in [0.25, 0.3) is 0 Å². The number of nitrogens with zero attached hydrogens (tertiary/aromatic N) is 2. The van der Waals surface area contributed by atoms with Crippen molar-refractivity contribution in [2.24, 2.45) is 11.8 Å². The second-order valence-corrected chi connectivity index (χ2v) is 8.65. The van der Waals surface area contributed by atoms with Crippen LogP contribution < -0.4 is 0 Å². The maximum Gasteiger partial charge on any atom is 0.410 e. The van der Waals surface area contributed by atoms with Gasteiger partial charge in [-0.3, -0.25) is 4.90 Å². The predicted octanol–water partition coefficient (Wildman–Crippen LogP) is 3.84. The summed E-state index contributed by atoms with van der Waals surface area (Å²) in [5.74, 6) is 0.375. The van der Waals surface area contributed by atoms with Gasteiger partial charge in [0.05, 0.1) is 19.3 Å². The number of fused-ring (bicyclic) bond motifs is 1. The van der Waals surface area contributed by atoms with Gasteiger partial charge in [-0.05, 0) is 56.6 Å². The van der Waals surface area contributed by atoms with Crippen LogP contribution in [0.3, 0.4) is 0 Å². The van der Waals surface area contributed by atoms with Gasteiger partial charge >= 0.3 is 12.1 Å². The first-order valence-corrected chi connectivity index (χ1v) is 10.6. The molecule has 0 aromatic heterocycles. The van der Waals surface area contributed by atoms with Crippen molar-refractivity contribution in [1.82, 2.24) is 4.90 Å². The summed E-state index contributed by atoms with van der Waals surface area (Å²) in [6.45, 7) is 2.60. The number of hydrogen-bond acceptors (Lipinski definition) is 6. The number of benzene rings is 1. The Labute approximate surface area is 170 Å². The maximum atomic E-state index is 12.4. The number of esters is 1. The van der Waals surface area contributed by atoms with E-state index in [1.807, 2.05) is 24.3 Å². The molecule has 1 aromatic rings. The summed E-state index contributed by atoms with van der Waals surface area (Å²) >= 11 is 1.76. The van der Waals surface area contributed by atoms with Crippen molar-refractivity contribution < 1.29 is 19.1 Å². The number of carbonyl (C=O) groups is 2. The third-order valence-electron chi connectivity index (χ3n) is 5.69. The second-order valence-electron chi connectivity index (χ2n) is 7.31. The molecule has 7 heteroatoms. The maximum absolute atomic E-state index is 12.4. The monoisotopic (exact) mass is 402 g/mol. The van der Waals surface area contributed by atoms with E-state index in [0.717, 1.165) is 24.2 Å². The van der Waals surface area contributed by atoms with E-state index in [9.17, 15) is 14.9 Å². The van der Waals surface area contributed by atoms with E-state index in [-0.39, 0.29) is 5.97 Å². The number of likely N-dealkylation sites (tertiary alicyclic amines) is 1. The van der Waals surface area contributed by atoms with Gasteiger partial charge in [-0.2, -0.15) is 5.26 Å². The fourth-order valence-corrected chi connectivity index (χ4v) is 5.69. The summed E-state index contributed by atoms with van der Waals surface area (Å²) in [4.78, 5) is 27.2. The number of thioether (sulfide) groups is 1. The summed E-state index contributed by atoms with van der Waals surface area (Å²) in [6, 6.07) is 9.37. The Balaban J connectivity index is 1.71. The summed E-state index contributed by atoms with van der Waals surface area (Å²) in [5, 5.41) is 9.73. The average molecular weight is 403 g/mol. The van der Waals surface area contributed by atoms with E-state index >= 15 is 0 Å². The molecular formula is C21H26N2O4S. The van der Waals surface area contributed by atoms with Crippen LogP contribution in [0.15, 0.2) is 29.2 Å². The van der Waals surface area contributed by atoms with Crippen LogP contribution in [0.1, 0.15) is 38.2 Å². The SMILES string of the molecule is CCOC(=O)[C@@H]1C[C@@H]2C[C@@H](Sc3ccccc3C#N)CC[C@H]2CN1C(=O)OC. The average Bonchev–Trinajstić information content (AvgIpc) is 2.72. The van der Waals surface area contributed by atoms with Gasteiger partial charge in [0.15, 0.2) is 0 Å². The largest absolute Gasteiger partial charge is 0.464 e. The highest BCUT2D eigenvalue weighted by Gasteiger charge is 2.44. The molecule has 0 unspecified atom stereocenters. The number of hydrogen-bond donors (Lipinski definition) is 0. The minimum Gasteiger partial charge on any atom is -0.464 e. The Morgan fingerprint density at radius 2 is 2.04 bits per heavy atom. The Bertz CT molecular complexity index is 763. The van der Waals surface area contributed by atoms with Crippen molar-refractivity contribution in [1.29, 1.82) is 5.26 Å². The smallest absolute Gasteiger partial charge is 0.410 e. The number of carbonyl (C=O) groups excluding carboxylic acids is 2. The predicted molar refractivity (Wildman–Crippen MR) is 106 cm³/mol. The molecule has 3 rings (SSSR count). The minimum absolute atomic E-state index is 0.294. The second kappa shape index (κ2) is 9.33. The molecule has 0 radical (unpaired) electrons. The summed E-state index contributed by atoms with van der Waals surface area (Å²) in [5.41, 5.74) is 0.708. The Morgan fingerprint density at radius 3 is 2.75 bits per heavy atom. The number of piperidine rings is 1. The van der Waals surface area contributed by atoms with Crippen LogP contribution in [0.5, 0.6) is 0 Å². The van der Waals surface area contributed by atoms with Gasteiger partial charge in [-0.15, -0.1) is 11.8 Å². The van der Waals surface area contributed by atoms with Gasteiger partial charge in [-0.1, -0.05) is 12.1 Å². The molecule has 1 saturated heterocycles. The van der Waals surface area contributed by atoms with Crippen LogP contribution in [0, 0.1) is 23.2 Å². The number of rotatable bonds is 4. The fraction of sp³-hybridized carbons (Fsp3) is 0.571. The van der Waals surface area contributed by atoms with E-state index in [1.165, 1.54) is 12.0 Å². The standard InChI is InChI=1S/C21H26N2O4S/c1-3-27-20(24)18-11-16-10-17(28-19-7-5-4-6-14(19)12-22)9-8-15(16)13-23(18)21(25)26-2/h4-7,15-18H,3,8-11,13H2,1-2H3/t15-,16-,17-,18-/m0/s1. The Kier molecular flexibility index (Phi) is 6.84. The Morgan fingerprint density at radius 1 is 1.25 bits per heavy atom. The normalized spacial score (nSPS) is 26.7. The molecule has 0 bridgehead atoms. The molecule has 6 nitrogen and oxygen atoms in total. The molecule has 4 atom stereocenters. The van der Waals surface area contributed by atoms with Gasteiger partial charge in [0, 0.05) is 16.7 Å². The molecule has 1 heterocycles. The number of ether oxygens (including phenoxy) is 2. The van der Waals surface area contributed by atoms with Crippen molar-refractivity contribution in [2.45, 2.75) is 48.8 Å². The van der Waals surface area contributed by atoms with Crippen molar-refractivity contribution in [2.75, 3.05) is 20.3 Å². The quantitative estimate of drug-likeness (QED) is 0.712. The topological polar surface area (TPSA) is 79.6 Å². The van der Waals surface area contributed by atoms with E-state index in [4.69, 9.17) is 9.47 Å². The number of amides is 1. The van der Waals surface area contributed by atoms with Gasteiger partial charge in [0.1, 0.15) is 12.1 Å². The van der Waals surface area contributed by atoms with Gasteiger partial charge in [0.25, 0.3) is 0 Å². The molecule has 1 saturated carbocycles. The lowest BCUT2D eigenvalue weighted by Crippen LogP contribution is -2.55. The van der Waals surface area contributed by atoms with Crippen LogP contribution in [-0.4, -0.2) is 48.5 Å². The van der Waals surface area contributed by atoms with Crippen LogP contribution in [-0.2, 0) is 14.3 Å². The summed E-state index contributed by atoms with van der Waals surface area (Å²) in [7, 11) is 1.34. The zero-order chi connectivity index (χ0) is 20.1. The first kappa shape index (κ1) is 20.5. The van der Waals surface area contributed by atoms with E-state index in [0.29, 0.717) is 42.2 Å². The number of methoxy groups -OCH3 is 1. The first-order valence-electron chi connectivity index (χ1n) is 9.74. The van der Waals surface area contributed by atoms with Gasteiger partial charge in [-0.25, -0.2) is 9.59 Å². The molecule has 1 amide bonds. The zero-order valence-corrected chi connectivity index (χ0v) is 17.1. The fourth-order valence-electron chi connectivity index (χ4n) is 4.34. The molecule has 0 N–H and O–H groups in total. The molecule has 150 valence electrons. The highest BCUT2D eigenvalue weighted by molar-refractivity contribution is 8.00. The lowest BCUT2D eigenvalue weighted by molar-refractivity contribution is -0.152. The lowest BCUT2D eigenvalue weighted by Gasteiger charge is -2.46. The summed E-state index contributed by atoms with van der Waals surface area (Å²) < 4.78 is 10.1. The highest BCUT2D eigenvalue weighted by Crippen LogP contribution is 2.44. The number of nitriles is 1. The minimum atomic E-state index is -0.580. The molecule has 1 aromatic carbocycles. The molecule has 2 aliphatic rings. The van der Waals surface area contributed by atoms with E-state index in [2.05, 4.69) is 6.07 Å². The molecular weight excluding hydrogens is 376 g/mol. The molecule has 1 aliphatic carbocycles. The first-order chi connectivity index (χ1) is 13.6. The third-order valence-corrected chi connectivity index (χ3v) is 7.07. The zero-order valence-electron chi connectivity index (χ0n) is 16.3. The van der Waals surface area contributed by atoms with Crippen molar-refractivity contribution in [3.63, 3.8) is 0 Å². The molecule has 2 fully saturated rings. The van der Waals surface area contributed by atoms with Gasteiger partial charge in [0.2, 0.25) is 0 Å².